The highest BCUT2D eigenvalue weighted by molar-refractivity contribution is 6.31. The van der Waals surface area contributed by atoms with Gasteiger partial charge < -0.3 is 4.90 Å². The Hall–Kier alpha value is -3.61. The van der Waals surface area contributed by atoms with E-state index in [2.05, 4.69) is 10.3 Å². The van der Waals surface area contributed by atoms with Crippen LogP contribution in [-0.2, 0) is 4.79 Å². The molecule has 4 rings (SSSR count). The summed E-state index contributed by atoms with van der Waals surface area (Å²) in [4.78, 5) is 32.9. The second-order valence-corrected chi connectivity index (χ2v) is 10.1. The Morgan fingerprint density at radius 3 is 2.38 bits per heavy atom. The molecule has 0 unspecified atom stereocenters. The molecule has 0 aliphatic rings. The molecule has 6 nitrogen and oxygen atoms in total. The van der Waals surface area contributed by atoms with Crippen LogP contribution in [0.2, 0.25) is 10.0 Å². The van der Waals surface area contributed by atoms with Crippen LogP contribution in [0.1, 0.15) is 29.8 Å². The second-order valence-electron chi connectivity index (χ2n) is 9.25. The number of carbonyl (C=O) groups excluding carboxylic acids is 2. The molecule has 8 heteroatoms. The van der Waals surface area contributed by atoms with E-state index in [1.165, 1.54) is 0 Å². The molecule has 0 saturated carbocycles. The minimum absolute atomic E-state index is 0.107. The monoisotopic (exact) mass is 534 g/mol. The highest BCUT2D eigenvalue weighted by Gasteiger charge is 2.22. The molecule has 1 heterocycles. The summed E-state index contributed by atoms with van der Waals surface area (Å²) in [5, 5.41) is 4.08. The van der Waals surface area contributed by atoms with Crippen LogP contribution in [-0.4, -0.2) is 39.4 Å². The third kappa shape index (κ3) is 6.59. The number of hydrogen-bond acceptors (Lipinski definition) is 3. The Morgan fingerprint density at radius 2 is 1.70 bits per heavy atom. The lowest BCUT2D eigenvalue weighted by atomic mass is 10.1. The summed E-state index contributed by atoms with van der Waals surface area (Å²) in [7, 11) is 0. The van der Waals surface area contributed by atoms with Gasteiger partial charge in [-0.2, -0.15) is 0 Å². The third-order valence-electron chi connectivity index (χ3n) is 5.77. The fourth-order valence-corrected chi connectivity index (χ4v) is 4.34. The van der Waals surface area contributed by atoms with Crippen molar-refractivity contribution in [3.8, 4) is 16.9 Å². The van der Waals surface area contributed by atoms with Gasteiger partial charge in [0.2, 0.25) is 11.9 Å². The van der Waals surface area contributed by atoms with E-state index in [0.29, 0.717) is 33.8 Å². The van der Waals surface area contributed by atoms with Crippen molar-refractivity contribution in [3.05, 3.63) is 100 Å². The van der Waals surface area contributed by atoms with E-state index in [1.807, 2.05) is 69.4 Å². The summed E-state index contributed by atoms with van der Waals surface area (Å²) in [5.74, 6) is -0.0168. The van der Waals surface area contributed by atoms with Crippen molar-refractivity contribution in [2.75, 3.05) is 18.4 Å². The number of anilines is 1. The summed E-state index contributed by atoms with van der Waals surface area (Å²) in [5.41, 5.74) is 3.69. The van der Waals surface area contributed by atoms with E-state index in [-0.39, 0.29) is 24.3 Å². The molecule has 0 fully saturated rings. The fourth-order valence-electron chi connectivity index (χ4n) is 4.03. The highest BCUT2D eigenvalue weighted by Crippen LogP contribution is 2.27. The van der Waals surface area contributed by atoms with Crippen molar-refractivity contribution in [1.82, 2.24) is 14.5 Å². The molecule has 4 aromatic rings. The first kappa shape index (κ1) is 26.5. The van der Waals surface area contributed by atoms with E-state index in [1.54, 1.807) is 39.8 Å². The van der Waals surface area contributed by atoms with Crippen LogP contribution in [0.3, 0.4) is 0 Å². The van der Waals surface area contributed by atoms with Crippen molar-refractivity contribution >= 4 is 41.0 Å². The Kier molecular flexibility index (Phi) is 8.31. The number of halogens is 2. The number of benzene rings is 3. The van der Waals surface area contributed by atoms with Crippen LogP contribution in [0.25, 0.3) is 16.9 Å². The molecule has 1 N–H and O–H groups in total. The van der Waals surface area contributed by atoms with Gasteiger partial charge in [-0.15, -0.1) is 0 Å². The molecule has 3 aromatic carbocycles. The van der Waals surface area contributed by atoms with Crippen molar-refractivity contribution in [3.63, 3.8) is 0 Å². The number of carbonyl (C=O) groups is 2. The molecule has 2 amide bonds. The van der Waals surface area contributed by atoms with E-state index in [4.69, 9.17) is 23.2 Å². The number of nitrogens with one attached hydrogen (secondary N) is 1. The number of aryl methyl sites for hydroxylation is 1. The lowest BCUT2D eigenvalue weighted by Crippen LogP contribution is -2.40. The maximum atomic E-state index is 13.3. The summed E-state index contributed by atoms with van der Waals surface area (Å²) < 4.78 is 1.77. The van der Waals surface area contributed by atoms with Crippen LogP contribution in [0.5, 0.6) is 0 Å². The van der Waals surface area contributed by atoms with Crippen molar-refractivity contribution in [1.29, 1.82) is 0 Å². The average molecular weight is 535 g/mol. The van der Waals surface area contributed by atoms with Crippen molar-refractivity contribution < 1.29 is 9.59 Å². The predicted octanol–water partition coefficient (Wildman–Crippen LogP) is 6.89. The molecular weight excluding hydrogens is 507 g/mol. The van der Waals surface area contributed by atoms with Gasteiger partial charge in [0.1, 0.15) is 6.54 Å². The van der Waals surface area contributed by atoms with E-state index < -0.39 is 0 Å². The Morgan fingerprint density at radius 1 is 0.973 bits per heavy atom. The van der Waals surface area contributed by atoms with Gasteiger partial charge >= 0.3 is 0 Å². The first-order valence-corrected chi connectivity index (χ1v) is 12.7. The Bertz CT molecular complexity index is 1410. The zero-order chi connectivity index (χ0) is 26.5. The SMILES string of the molecule is Cc1ccccc1C(=O)N(CC(=O)Nc1nc(-c2ccc(Cl)cc2)cn1-c1cccc(Cl)c1)CC(C)C. The van der Waals surface area contributed by atoms with Crippen molar-refractivity contribution in [2.45, 2.75) is 20.8 Å². The number of rotatable bonds is 8. The van der Waals surface area contributed by atoms with E-state index in [0.717, 1.165) is 16.8 Å². The zero-order valence-electron chi connectivity index (χ0n) is 20.9. The van der Waals surface area contributed by atoms with Gasteiger partial charge in [0, 0.05) is 39.6 Å². The summed E-state index contributed by atoms with van der Waals surface area (Å²) in [6, 6.07) is 22.0. The molecule has 0 bridgehead atoms. The Labute approximate surface area is 226 Å². The maximum absolute atomic E-state index is 13.3. The number of nitrogens with zero attached hydrogens (tertiary/aromatic N) is 3. The molecule has 37 heavy (non-hydrogen) atoms. The van der Waals surface area contributed by atoms with Gasteiger partial charge in [-0.25, -0.2) is 4.98 Å². The van der Waals surface area contributed by atoms with E-state index >= 15 is 0 Å². The highest BCUT2D eigenvalue weighted by atomic mass is 35.5. The molecule has 1 aromatic heterocycles. The minimum atomic E-state index is -0.348. The lowest BCUT2D eigenvalue weighted by molar-refractivity contribution is -0.117. The van der Waals surface area contributed by atoms with Gasteiger partial charge in [-0.3, -0.25) is 19.5 Å². The van der Waals surface area contributed by atoms with Gasteiger partial charge in [-0.1, -0.05) is 73.4 Å². The third-order valence-corrected chi connectivity index (χ3v) is 6.25. The molecule has 0 aliphatic heterocycles. The summed E-state index contributed by atoms with van der Waals surface area (Å²) >= 11 is 12.3. The lowest BCUT2D eigenvalue weighted by Gasteiger charge is -2.25. The minimum Gasteiger partial charge on any atom is -0.329 e. The average Bonchev–Trinajstić information content (AvgIpc) is 3.27. The molecule has 0 spiro atoms. The number of imidazole rings is 1. The van der Waals surface area contributed by atoms with Gasteiger partial charge in [0.15, 0.2) is 0 Å². The predicted molar refractivity (Wildman–Crippen MR) is 150 cm³/mol. The summed E-state index contributed by atoms with van der Waals surface area (Å²) in [6.45, 7) is 6.25. The van der Waals surface area contributed by atoms with Gasteiger partial charge in [0.05, 0.1) is 5.69 Å². The molecule has 0 radical (unpaired) electrons. The number of hydrogen-bond donors (Lipinski definition) is 1. The molecule has 0 saturated heterocycles. The first-order valence-electron chi connectivity index (χ1n) is 12.0. The van der Waals surface area contributed by atoms with Gasteiger partial charge in [-0.05, 0) is 54.8 Å². The van der Waals surface area contributed by atoms with Gasteiger partial charge in [0.25, 0.3) is 5.91 Å². The van der Waals surface area contributed by atoms with Crippen LogP contribution in [0.15, 0.2) is 79.0 Å². The normalized spacial score (nSPS) is 11.0. The van der Waals surface area contributed by atoms with E-state index in [9.17, 15) is 9.59 Å². The zero-order valence-corrected chi connectivity index (χ0v) is 22.4. The summed E-state index contributed by atoms with van der Waals surface area (Å²) in [6.07, 6.45) is 1.83. The van der Waals surface area contributed by atoms with Crippen LogP contribution in [0, 0.1) is 12.8 Å². The molecule has 0 atom stereocenters. The Balaban J connectivity index is 1.63. The molecule has 0 aliphatic carbocycles. The maximum Gasteiger partial charge on any atom is 0.254 e. The van der Waals surface area contributed by atoms with Crippen LogP contribution < -0.4 is 5.32 Å². The smallest absolute Gasteiger partial charge is 0.254 e. The standard InChI is InChI=1S/C29H28Cl2N4O2/c1-19(2)16-34(28(37)25-10-5-4-7-20(25)3)18-27(36)33-29-32-26(21-11-13-22(30)14-12-21)17-35(29)24-9-6-8-23(31)15-24/h4-15,17,19H,16,18H2,1-3H3,(H,32,33,36). The van der Waals surface area contributed by atoms with Crippen LogP contribution in [0.4, 0.5) is 5.95 Å². The first-order chi connectivity index (χ1) is 17.7. The number of aromatic nitrogens is 2. The quantitative estimate of drug-likeness (QED) is 0.267. The fraction of sp³-hybridized carbons (Fsp3) is 0.207. The topological polar surface area (TPSA) is 67.2 Å². The van der Waals surface area contributed by atoms with Crippen LogP contribution >= 0.6 is 23.2 Å². The second kappa shape index (κ2) is 11.6. The largest absolute Gasteiger partial charge is 0.329 e. The molecular formula is C29H28Cl2N4O2. The number of amides is 2. The molecule has 190 valence electrons. The van der Waals surface area contributed by atoms with Crippen molar-refractivity contribution in [2.24, 2.45) is 5.92 Å².